The van der Waals surface area contributed by atoms with Crippen LogP contribution in [0.15, 0.2) is 35.7 Å². The summed E-state index contributed by atoms with van der Waals surface area (Å²) in [4.78, 5) is 5.81. The van der Waals surface area contributed by atoms with Crippen molar-refractivity contribution >= 4 is 34.0 Å². The lowest BCUT2D eigenvalue weighted by molar-refractivity contribution is 0.539. The molecule has 0 aliphatic carbocycles. The van der Waals surface area contributed by atoms with Crippen molar-refractivity contribution in [3.63, 3.8) is 0 Å². The second-order valence-electron chi connectivity index (χ2n) is 4.98. The highest BCUT2D eigenvalue weighted by molar-refractivity contribution is 7.10. The van der Waals surface area contributed by atoms with Gasteiger partial charge in [-0.3, -0.25) is 0 Å². The monoisotopic (exact) mass is 322 g/mol. The Kier molecular flexibility index (Phi) is 4.27. The van der Waals surface area contributed by atoms with Crippen LogP contribution >= 0.6 is 22.9 Å². The molecule has 21 heavy (non-hydrogen) atoms. The van der Waals surface area contributed by atoms with Crippen LogP contribution < -0.4 is 0 Å². The van der Waals surface area contributed by atoms with E-state index in [0.29, 0.717) is 5.88 Å². The first-order valence-corrected chi connectivity index (χ1v) is 8.41. The molecule has 1 aromatic carbocycles. The smallest absolute Gasteiger partial charge is 0.125 e. The van der Waals surface area contributed by atoms with Gasteiger partial charge in [0.1, 0.15) is 11.6 Å². The number of aromatic nitrogens is 2. The highest BCUT2D eigenvalue weighted by Gasteiger charge is 2.21. The Balaban J connectivity index is 2.22. The Morgan fingerprint density at radius 1 is 1.38 bits per heavy atom. The van der Waals surface area contributed by atoms with E-state index >= 15 is 0 Å². The second-order valence-corrected chi connectivity index (χ2v) is 6.23. The van der Waals surface area contributed by atoms with Crippen molar-refractivity contribution in [2.24, 2.45) is 0 Å². The number of alkyl halides is 1. The first kappa shape index (κ1) is 14.5. The lowest BCUT2D eigenvalue weighted by atomic mass is 10.1. The summed E-state index contributed by atoms with van der Waals surface area (Å²) >= 11 is 7.79. The molecular weight excluding hydrogens is 307 g/mol. The SMILES string of the molecule is CCCC(c1cccs1)n1c(CCl)nc2ccc(F)cc21. The number of rotatable bonds is 5. The van der Waals surface area contributed by atoms with Crippen LogP contribution in [0.4, 0.5) is 4.39 Å². The van der Waals surface area contributed by atoms with E-state index in [2.05, 4.69) is 27.9 Å². The molecule has 0 spiro atoms. The zero-order valence-electron chi connectivity index (χ0n) is 11.7. The number of fused-ring (bicyclic) bond motifs is 1. The van der Waals surface area contributed by atoms with Crippen molar-refractivity contribution in [1.29, 1.82) is 0 Å². The van der Waals surface area contributed by atoms with E-state index in [0.717, 1.165) is 29.7 Å². The fourth-order valence-corrected chi connectivity index (χ4v) is 3.75. The van der Waals surface area contributed by atoms with Gasteiger partial charge in [-0.25, -0.2) is 9.37 Å². The zero-order chi connectivity index (χ0) is 14.8. The van der Waals surface area contributed by atoms with Gasteiger partial charge in [-0.1, -0.05) is 19.4 Å². The molecule has 2 nitrogen and oxygen atoms in total. The maximum absolute atomic E-state index is 13.7. The largest absolute Gasteiger partial charge is 0.318 e. The molecule has 2 aromatic heterocycles. The third kappa shape index (κ3) is 2.70. The van der Waals surface area contributed by atoms with Gasteiger partial charge in [0.25, 0.3) is 0 Å². The zero-order valence-corrected chi connectivity index (χ0v) is 13.3. The number of imidazole rings is 1. The molecule has 0 aliphatic rings. The van der Waals surface area contributed by atoms with Crippen LogP contribution in [0.3, 0.4) is 0 Å². The molecule has 2 heterocycles. The number of thiophene rings is 1. The van der Waals surface area contributed by atoms with Gasteiger partial charge < -0.3 is 4.57 Å². The van der Waals surface area contributed by atoms with E-state index in [1.54, 1.807) is 23.5 Å². The molecule has 0 radical (unpaired) electrons. The minimum Gasteiger partial charge on any atom is -0.318 e. The maximum Gasteiger partial charge on any atom is 0.125 e. The number of hydrogen-bond donors (Lipinski definition) is 0. The molecule has 0 aliphatic heterocycles. The van der Waals surface area contributed by atoms with Crippen molar-refractivity contribution in [3.05, 3.63) is 52.2 Å². The lowest BCUT2D eigenvalue weighted by Gasteiger charge is -2.20. The lowest BCUT2D eigenvalue weighted by Crippen LogP contribution is -2.12. The van der Waals surface area contributed by atoms with Gasteiger partial charge in [0.05, 0.1) is 23.0 Å². The molecular formula is C16H16ClFN2S. The van der Waals surface area contributed by atoms with E-state index in [-0.39, 0.29) is 11.9 Å². The van der Waals surface area contributed by atoms with Gasteiger partial charge in [0.2, 0.25) is 0 Å². The molecule has 110 valence electrons. The van der Waals surface area contributed by atoms with Crippen LogP contribution in [0.5, 0.6) is 0 Å². The fourth-order valence-electron chi connectivity index (χ4n) is 2.71. The third-order valence-corrected chi connectivity index (χ3v) is 4.80. The predicted molar refractivity (Wildman–Crippen MR) is 86.6 cm³/mol. The molecule has 3 rings (SSSR count). The van der Waals surface area contributed by atoms with Crippen molar-refractivity contribution in [2.75, 3.05) is 0 Å². The number of halogens is 2. The van der Waals surface area contributed by atoms with Crippen LogP contribution in [0.25, 0.3) is 11.0 Å². The molecule has 5 heteroatoms. The van der Waals surface area contributed by atoms with Crippen molar-refractivity contribution in [1.82, 2.24) is 9.55 Å². The summed E-state index contributed by atoms with van der Waals surface area (Å²) in [6, 6.07) is 9.04. The van der Waals surface area contributed by atoms with Crippen LogP contribution in [-0.4, -0.2) is 9.55 Å². The molecule has 0 N–H and O–H groups in total. The Bertz CT molecular complexity index is 736. The maximum atomic E-state index is 13.7. The van der Waals surface area contributed by atoms with Crippen molar-refractivity contribution in [2.45, 2.75) is 31.7 Å². The Morgan fingerprint density at radius 3 is 2.90 bits per heavy atom. The van der Waals surface area contributed by atoms with Gasteiger partial charge in [-0.05, 0) is 36.1 Å². The molecule has 0 saturated heterocycles. The Hall–Kier alpha value is -1.39. The first-order valence-electron chi connectivity index (χ1n) is 7.00. The van der Waals surface area contributed by atoms with Crippen molar-refractivity contribution in [3.8, 4) is 0 Å². The summed E-state index contributed by atoms with van der Waals surface area (Å²) < 4.78 is 15.7. The number of hydrogen-bond acceptors (Lipinski definition) is 2. The van der Waals surface area contributed by atoms with Crippen molar-refractivity contribution < 1.29 is 4.39 Å². The first-order chi connectivity index (χ1) is 10.2. The molecule has 0 saturated carbocycles. The van der Waals surface area contributed by atoms with Crippen LogP contribution in [0.2, 0.25) is 0 Å². The molecule has 0 bridgehead atoms. The highest BCUT2D eigenvalue weighted by Crippen LogP contribution is 2.33. The van der Waals surface area contributed by atoms with E-state index in [1.165, 1.54) is 10.9 Å². The summed E-state index contributed by atoms with van der Waals surface area (Å²) in [7, 11) is 0. The summed E-state index contributed by atoms with van der Waals surface area (Å²) in [5.74, 6) is 0.873. The summed E-state index contributed by atoms with van der Waals surface area (Å²) in [5, 5.41) is 2.07. The highest BCUT2D eigenvalue weighted by atomic mass is 35.5. The fraction of sp³-hybridized carbons (Fsp3) is 0.312. The molecule has 0 amide bonds. The average Bonchev–Trinajstić information content (AvgIpc) is 3.12. The molecule has 1 atom stereocenters. The molecule has 3 aromatic rings. The van der Waals surface area contributed by atoms with Gasteiger partial charge in [-0.2, -0.15) is 0 Å². The van der Waals surface area contributed by atoms with Crippen LogP contribution in [0, 0.1) is 5.82 Å². The third-order valence-electron chi connectivity index (χ3n) is 3.59. The van der Waals surface area contributed by atoms with E-state index in [9.17, 15) is 4.39 Å². The predicted octanol–water partition coefficient (Wildman–Crippen LogP) is 5.37. The minimum absolute atomic E-state index is 0.163. The van der Waals surface area contributed by atoms with E-state index in [1.807, 2.05) is 6.07 Å². The van der Waals surface area contributed by atoms with Gasteiger partial charge in [-0.15, -0.1) is 22.9 Å². The van der Waals surface area contributed by atoms with Crippen LogP contribution in [0.1, 0.15) is 36.5 Å². The molecule has 0 fully saturated rings. The van der Waals surface area contributed by atoms with Gasteiger partial charge in [0, 0.05) is 4.88 Å². The van der Waals surface area contributed by atoms with E-state index in [4.69, 9.17) is 11.6 Å². The van der Waals surface area contributed by atoms with Gasteiger partial charge in [0.15, 0.2) is 0 Å². The van der Waals surface area contributed by atoms with E-state index < -0.39 is 0 Å². The topological polar surface area (TPSA) is 17.8 Å². The number of nitrogens with zero attached hydrogens (tertiary/aromatic N) is 2. The standard InChI is InChI=1S/C16H16ClFN2S/c1-2-4-13(15-5-3-8-21-15)20-14-9-11(18)6-7-12(14)19-16(20)10-17/h3,5-9,13H,2,4,10H2,1H3. The minimum atomic E-state index is -0.244. The Morgan fingerprint density at radius 2 is 2.24 bits per heavy atom. The summed E-state index contributed by atoms with van der Waals surface area (Å²) in [6.07, 6.45) is 2.02. The summed E-state index contributed by atoms with van der Waals surface area (Å²) in [6.45, 7) is 2.15. The second kappa shape index (κ2) is 6.16. The van der Waals surface area contributed by atoms with Crippen LogP contribution in [-0.2, 0) is 5.88 Å². The van der Waals surface area contributed by atoms with Gasteiger partial charge >= 0.3 is 0 Å². The number of benzene rings is 1. The average molecular weight is 323 g/mol. The quantitative estimate of drug-likeness (QED) is 0.578. The summed E-state index contributed by atoms with van der Waals surface area (Å²) in [5.41, 5.74) is 1.61. The Labute approximate surface area is 132 Å². The normalized spacial score (nSPS) is 12.9. The molecule has 1 unspecified atom stereocenters.